The van der Waals surface area contributed by atoms with Gasteiger partial charge in [0, 0.05) is 0 Å². The van der Waals surface area contributed by atoms with Crippen LogP contribution in [-0.4, -0.2) is 0 Å². The van der Waals surface area contributed by atoms with E-state index in [1.54, 1.807) is 89.9 Å². The fraction of sp³-hybridized carbons (Fsp3) is 0.961. The second kappa shape index (κ2) is 25.0. The second-order valence-electron chi connectivity index (χ2n) is 20.1. The lowest BCUT2D eigenvalue weighted by Crippen LogP contribution is -2.25. The molecule has 0 bridgehead atoms. The number of allylic oxidation sites excluding steroid dienone is 2. The zero-order chi connectivity index (χ0) is 36.3. The first-order chi connectivity index (χ1) is 25.0. The third-order valence-corrected chi connectivity index (χ3v) is 16.6. The van der Waals surface area contributed by atoms with Gasteiger partial charge in [0.1, 0.15) is 0 Å². The summed E-state index contributed by atoms with van der Waals surface area (Å²) in [7, 11) is 0. The maximum atomic E-state index is 2.44. The Labute approximate surface area is 322 Å². The van der Waals surface area contributed by atoms with E-state index >= 15 is 0 Å². The molecule has 6 aliphatic carbocycles. The molecule has 0 heterocycles. The van der Waals surface area contributed by atoms with Crippen LogP contribution in [0.3, 0.4) is 0 Å². The summed E-state index contributed by atoms with van der Waals surface area (Å²) in [6, 6.07) is 0. The van der Waals surface area contributed by atoms with Crippen molar-refractivity contribution in [2.24, 2.45) is 71.0 Å². The molecule has 0 aromatic heterocycles. The molecule has 0 unspecified atom stereocenters. The zero-order valence-corrected chi connectivity index (χ0v) is 36.0. The summed E-state index contributed by atoms with van der Waals surface area (Å²) in [6.45, 7) is 14.0. The molecule has 0 aromatic rings. The van der Waals surface area contributed by atoms with Crippen molar-refractivity contribution in [1.29, 1.82) is 0 Å². The van der Waals surface area contributed by atoms with Crippen LogP contribution in [0, 0.1) is 71.0 Å². The Morgan fingerprint density at radius 1 is 0.353 bits per heavy atom. The van der Waals surface area contributed by atoms with Gasteiger partial charge in [-0.2, -0.15) is 0 Å². The smallest absolute Gasteiger partial charge is 0.0233 e. The van der Waals surface area contributed by atoms with Crippen LogP contribution in [0.4, 0.5) is 0 Å². The Hall–Kier alpha value is -0.260. The van der Waals surface area contributed by atoms with Crippen molar-refractivity contribution in [3.05, 3.63) is 12.2 Å². The molecule has 0 saturated heterocycles. The predicted molar refractivity (Wildman–Crippen MR) is 228 cm³/mol. The summed E-state index contributed by atoms with van der Waals surface area (Å²) in [5, 5.41) is 0. The molecule has 298 valence electrons. The quantitative estimate of drug-likeness (QED) is 0.188. The van der Waals surface area contributed by atoms with Gasteiger partial charge in [-0.25, -0.2) is 0 Å². The summed E-state index contributed by atoms with van der Waals surface area (Å²) >= 11 is 0. The SMILES string of the molecule is C/C=C/C1CCC(C2CCC(CCC)CC2)CC1.CCCC1CCC(C2CCC(C)CC2)CC1.CCCC1CCC(C2CCC(CC)CC2)CC1. The van der Waals surface area contributed by atoms with Gasteiger partial charge >= 0.3 is 0 Å². The molecular formula is C51H94. The maximum absolute atomic E-state index is 2.44. The molecule has 0 radical (unpaired) electrons. The summed E-state index contributed by atoms with van der Waals surface area (Å²) in [6.07, 6.45) is 51.6. The first-order valence-corrected chi connectivity index (χ1v) is 24.6. The predicted octanol–water partition coefficient (Wildman–Crippen LogP) is 17.2. The molecule has 6 aliphatic rings. The van der Waals surface area contributed by atoms with Crippen LogP contribution in [0.1, 0.15) is 241 Å². The van der Waals surface area contributed by atoms with Crippen molar-refractivity contribution in [2.75, 3.05) is 0 Å². The van der Waals surface area contributed by atoms with Crippen molar-refractivity contribution in [2.45, 2.75) is 241 Å². The van der Waals surface area contributed by atoms with E-state index in [0.29, 0.717) is 0 Å². The van der Waals surface area contributed by atoms with E-state index in [2.05, 4.69) is 53.7 Å². The number of hydrogen-bond acceptors (Lipinski definition) is 0. The Morgan fingerprint density at radius 3 is 0.902 bits per heavy atom. The van der Waals surface area contributed by atoms with E-state index in [-0.39, 0.29) is 0 Å². The van der Waals surface area contributed by atoms with Crippen LogP contribution in [-0.2, 0) is 0 Å². The van der Waals surface area contributed by atoms with Gasteiger partial charge in [0.2, 0.25) is 0 Å². The molecule has 6 fully saturated rings. The third kappa shape index (κ3) is 15.4. The molecule has 0 nitrogen and oxygen atoms in total. The molecule has 51 heavy (non-hydrogen) atoms. The van der Waals surface area contributed by atoms with Crippen molar-refractivity contribution >= 4 is 0 Å². The fourth-order valence-electron chi connectivity index (χ4n) is 13.0. The van der Waals surface area contributed by atoms with Gasteiger partial charge in [-0.1, -0.05) is 156 Å². The molecular weight excluding hydrogens is 613 g/mol. The fourth-order valence-corrected chi connectivity index (χ4v) is 13.0. The van der Waals surface area contributed by atoms with Crippen molar-refractivity contribution in [3.63, 3.8) is 0 Å². The molecule has 0 aliphatic heterocycles. The summed E-state index contributed by atoms with van der Waals surface area (Å²) in [5.41, 5.74) is 0. The summed E-state index contributed by atoms with van der Waals surface area (Å²) in [5.74, 6) is 12.9. The third-order valence-electron chi connectivity index (χ3n) is 16.6. The van der Waals surface area contributed by atoms with E-state index < -0.39 is 0 Å². The average Bonchev–Trinajstić information content (AvgIpc) is 3.18. The Kier molecular flexibility index (Phi) is 21.3. The minimum Gasteiger partial charge on any atom is -0.0914 e. The van der Waals surface area contributed by atoms with Gasteiger partial charge in [-0.05, 0) is 168 Å². The van der Waals surface area contributed by atoms with Crippen LogP contribution in [0.25, 0.3) is 0 Å². The molecule has 0 N–H and O–H groups in total. The maximum Gasteiger partial charge on any atom is -0.0233 e. The molecule has 6 rings (SSSR count). The van der Waals surface area contributed by atoms with Gasteiger partial charge in [-0.3, -0.25) is 0 Å². The van der Waals surface area contributed by atoms with E-state index in [9.17, 15) is 0 Å². The van der Waals surface area contributed by atoms with Gasteiger partial charge in [0.25, 0.3) is 0 Å². The van der Waals surface area contributed by atoms with E-state index in [1.165, 1.54) is 109 Å². The van der Waals surface area contributed by atoms with E-state index in [1.807, 2.05) is 0 Å². The largest absolute Gasteiger partial charge is 0.0914 e. The highest BCUT2D eigenvalue weighted by atomic mass is 14.4. The lowest BCUT2D eigenvalue weighted by atomic mass is 9.68. The Bertz CT molecular complexity index is 836. The van der Waals surface area contributed by atoms with Crippen molar-refractivity contribution < 1.29 is 0 Å². The average molecular weight is 707 g/mol. The monoisotopic (exact) mass is 707 g/mol. The van der Waals surface area contributed by atoms with Crippen LogP contribution in [0.2, 0.25) is 0 Å². The topological polar surface area (TPSA) is 0 Å². The van der Waals surface area contributed by atoms with E-state index in [4.69, 9.17) is 0 Å². The lowest BCUT2D eigenvalue weighted by molar-refractivity contribution is 0.142. The molecule has 0 atom stereocenters. The molecule has 0 spiro atoms. The van der Waals surface area contributed by atoms with Crippen LogP contribution in [0.15, 0.2) is 12.2 Å². The highest BCUT2D eigenvalue weighted by molar-refractivity contribution is 4.91. The van der Waals surface area contributed by atoms with Gasteiger partial charge in [0.15, 0.2) is 0 Å². The first kappa shape index (κ1) is 43.5. The Morgan fingerprint density at radius 2 is 0.627 bits per heavy atom. The van der Waals surface area contributed by atoms with Gasteiger partial charge in [0.05, 0.1) is 0 Å². The number of rotatable bonds is 11. The van der Waals surface area contributed by atoms with E-state index in [0.717, 1.165) is 71.0 Å². The summed E-state index contributed by atoms with van der Waals surface area (Å²) < 4.78 is 0. The van der Waals surface area contributed by atoms with Gasteiger partial charge in [-0.15, -0.1) is 0 Å². The number of hydrogen-bond donors (Lipinski definition) is 0. The highest BCUT2D eigenvalue weighted by Crippen LogP contribution is 2.45. The molecule has 0 amide bonds. The van der Waals surface area contributed by atoms with Crippen LogP contribution in [0.5, 0.6) is 0 Å². The molecule has 0 heteroatoms. The van der Waals surface area contributed by atoms with Crippen LogP contribution < -0.4 is 0 Å². The standard InChI is InChI=1S/C18H32.C17H32.C16H30/c1-3-5-15-7-11-17(12-8-15)18-13-9-16(6-4-2)10-14-18;1-3-5-15-8-12-17(13-9-15)16-10-6-14(4-2)7-11-16;1-3-4-14-7-11-16(12-8-14)15-9-5-13(2)6-10-15/h3,5,15-18H,4,6-14H2,1-2H3;14-17H,3-13H2,1-2H3;13-16H,3-12H2,1-2H3/b5-3+;;. The lowest BCUT2D eigenvalue weighted by Gasteiger charge is -2.37. The highest BCUT2D eigenvalue weighted by Gasteiger charge is 2.32. The first-order valence-electron chi connectivity index (χ1n) is 24.6. The van der Waals surface area contributed by atoms with Crippen molar-refractivity contribution in [3.8, 4) is 0 Å². The normalized spacial score (nSPS) is 39.3. The van der Waals surface area contributed by atoms with Gasteiger partial charge < -0.3 is 0 Å². The second-order valence-corrected chi connectivity index (χ2v) is 20.1. The molecule has 0 aromatic carbocycles. The minimum absolute atomic E-state index is 0.905. The summed E-state index contributed by atoms with van der Waals surface area (Å²) in [4.78, 5) is 0. The Balaban J connectivity index is 0.000000172. The zero-order valence-electron chi connectivity index (χ0n) is 36.0. The minimum atomic E-state index is 0.905. The van der Waals surface area contributed by atoms with Crippen LogP contribution >= 0.6 is 0 Å². The van der Waals surface area contributed by atoms with Crippen molar-refractivity contribution in [1.82, 2.24) is 0 Å². The molecule has 6 saturated carbocycles.